The van der Waals surface area contributed by atoms with E-state index in [0.29, 0.717) is 0 Å². The monoisotopic (exact) mass is 236 g/mol. The summed E-state index contributed by atoms with van der Waals surface area (Å²) in [4.78, 5) is 6.47. The Hall–Kier alpha value is -2.29. The lowest BCUT2D eigenvalue weighted by Gasteiger charge is -2.14. The number of benzene rings is 2. The van der Waals surface area contributed by atoms with Crippen molar-refractivity contribution in [3.05, 3.63) is 42.5 Å². The van der Waals surface area contributed by atoms with Gasteiger partial charge in [-0.25, -0.2) is 0 Å². The number of hydrogen-bond acceptors (Lipinski definition) is 3. The van der Waals surface area contributed by atoms with Gasteiger partial charge in [0.25, 0.3) is 0 Å². The zero-order valence-electron chi connectivity index (χ0n) is 9.84. The van der Waals surface area contributed by atoms with E-state index in [9.17, 15) is 0 Å². The molecule has 0 atom stereocenters. The first-order chi connectivity index (χ1) is 8.93. The van der Waals surface area contributed by atoms with E-state index in [4.69, 9.17) is 4.42 Å². The molecule has 88 valence electrons. The van der Waals surface area contributed by atoms with Gasteiger partial charge in [-0.05, 0) is 18.2 Å². The van der Waals surface area contributed by atoms with Gasteiger partial charge in [-0.2, -0.15) is 0 Å². The predicted molar refractivity (Wildman–Crippen MR) is 74.4 cm³/mol. The Morgan fingerprint density at radius 3 is 2.78 bits per heavy atom. The topological polar surface area (TPSA) is 28.7 Å². The summed E-state index contributed by atoms with van der Waals surface area (Å²) in [5.74, 6) is 0. The second-order valence-corrected chi connectivity index (χ2v) is 4.46. The Balaban J connectivity index is 2.10. The summed E-state index contributed by atoms with van der Waals surface area (Å²) in [5.41, 5.74) is 3.06. The molecule has 0 aliphatic carbocycles. The number of furan rings is 1. The van der Waals surface area contributed by atoms with E-state index >= 15 is 0 Å². The highest BCUT2D eigenvalue weighted by molar-refractivity contribution is 6.13. The molecular formula is C15H12N2O. The molecule has 0 saturated carbocycles. The van der Waals surface area contributed by atoms with E-state index < -0.39 is 0 Å². The zero-order valence-corrected chi connectivity index (χ0v) is 9.84. The van der Waals surface area contributed by atoms with Crippen molar-refractivity contribution in [2.75, 3.05) is 18.0 Å². The van der Waals surface area contributed by atoms with Crippen molar-refractivity contribution in [2.24, 2.45) is 4.99 Å². The van der Waals surface area contributed by atoms with E-state index in [1.165, 1.54) is 16.5 Å². The minimum atomic E-state index is 0.867. The minimum absolute atomic E-state index is 0.867. The van der Waals surface area contributed by atoms with Crippen molar-refractivity contribution >= 4 is 34.0 Å². The minimum Gasteiger partial charge on any atom is -0.456 e. The molecule has 2 heterocycles. The second-order valence-electron chi connectivity index (χ2n) is 4.46. The van der Waals surface area contributed by atoms with Gasteiger partial charge >= 0.3 is 0 Å². The normalized spacial score (nSPS) is 15.0. The second kappa shape index (κ2) is 3.60. The highest BCUT2D eigenvalue weighted by atomic mass is 16.3. The van der Waals surface area contributed by atoms with E-state index in [0.717, 1.165) is 24.3 Å². The Kier molecular flexibility index (Phi) is 1.94. The molecule has 1 aliphatic rings. The van der Waals surface area contributed by atoms with Crippen molar-refractivity contribution in [3.63, 3.8) is 0 Å². The Labute approximate surface area is 104 Å². The van der Waals surface area contributed by atoms with Crippen LogP contribution in [0.2, 0.25) is 0 Å². The van der Waals surface area contributed by atoms with Gasteiger partial charge in [0.05, 0.1) is 24.0 Å². The largest absolute Gasteiger partial charge is 0.456 e. The molecule has 1 aromatic heterocycles. The third-order valence-electron chi connectivity index (χ3n) is 3.38. The molecule has 0 amide bonds. The molecule has 0 N–H and O–H groups in total. The van der Waals surface area contributed by atoms with Crippen LogP contribution in [0.4, 0.5) is 5.69 Å². The summed E-state index contributed by atoms with van der Waals surface area (Å²) in [5, 5.41) is 2.35. The van der Waals surface area contributed by atoms with Crippen molar-refractivity contribution < 1.29 is 4.42 Å². The van der Waals surface area contributed by atoms with Gasteiger partial charge in [0.2, 0.25) is 0 Å². The van der Waals surface area contributed by atoms with Crippen LogP contribution >= 0.6 is 0 Å². The smallest absolute Gasteiger partial charge is 0.137 e. The summed E-state index contributed by atoms with van der Waals surface area (Å²) < 4.78 is 5.88. The maximum absolute atomic E-state index is 5.88. The summed E-state index contributed by atoms with van der Waals surface area (Å²) in [7, 11) is 0. The lowest BCUT2D eigenvalue weighted by molar-refractivity contribution is 0.669. The first-order valence-electron chi connectivity index (χ1n) is 6.10. The van der Waals surface area contributed by atoms with Crippen LogP contribution in [0, 0.1) is 0 Å². The summed E-state index contributed by atoms with van der Waals surface area (Å²) in [6.45, 7) is 1.81. The van der Waals surface area contributed by atoms with Crippen molar-refractivity contribution in [1.29, 1.82) is 0 Å². The Morgan fingerprint density at radius 1 is 1.00 bits per heavy atom. The Bertz CT molecular complexity index is 757. The van der Waals surface area contributed by atoms with E-state index in [2.05, 4.69) is 22.0 Å². The zero-order chi connectivity index (χ0) is 11.9. The number of nitrogens with zero attached hydrogens (tertiary/aromatic N) is 2. The SMILES string of the molecule is C1=NCCN1c1cccc2oc3ccccc3c12. The summed E-state index contributed by atoms with van der Waals surface area (Å²) in [6.07, 6.45) is 1.91. The van der Waals surface area contributed by atoms with Crippen molar-refractivity contribution in [2.45, 2.75) is 0 Å². The maximum Gasteiger partial charge on any atom is 0.137 e. The van der Waals surface area contributed by atoms with Crippen molar-refractivity contribution in [3.8, 4) is 0 Å². The molecule has 0 spiro atoms. The van der Waals surface area contributed by atoms with Crippen LogP contribution in [-0.4, -0.2) is 19.4 Å². The van der Waals surface area contributed by atoms with Gasteiger partial charge in [-0.3, -0.25) is 4.99 Å². The first kappa shape index (κ1) is 9.71. The maximum atomic E-state index is 5.88. The van der Waals surface area contributed by atoms with Crippen LogP contribution < -0.4 is 4.90 Å². The average molecular weight is 236 g/mol. The third-order valence-corrected chi connectivity index (χ3v) is 3.38. The molecule has 4 rings (SSSR count). The highest BCUT2D eigenvalue weighted by Crippen LogP contribution is 2.35. The molecule has 3 heteroatoms. The van der Waals surface area contributed by atoms with Crippen LogP contribution in [0.1, 0.15) is 0 Å². The van der Waals surface area contributed by atoms with Gasteiger partial charge in [0, 0.05) is 11.9 Å². The number of rotatable bonds is 1. The van der Waals surface area contributed by atoms with E-state index in [1.807, 2.05) is 36.7 Å². The van der Waals surface area contributed by atoms with Crippen LogP contribution in [0.15, 0.2) is 51.9 Å². The van der Waals surface area contributed by atoms with E-state index in [-0.39, 0.29) is 0 Å². The van der Waals surface area contributed by atoms with Crippen LogP contribution in [0.5, 0.6) is 0 Å². The lowest BCUT2D eigenvalue weighted by Crippen LogP contribution is -2.18. The van der Waals surface area contributed by atoms with Crippen LogP contribution in [0.3, 0.4) is 0 Å². The van der Waals surface area contributed by atoms with Gasteiger partial charge in [0.1, 0.15) is 11.2 Å². The number of para-hydroxylation sites is 1. The molecule has 0 radical (unpaired) electrons. The van der Waals surface area contributed by atoms with Gasteiger partial charge in [-0.1, -0.05) is 24.3 Å². The third kappa shape index (κ3) is 1.27. The van der Waals surface area contributed by atoms with Crippen LogP contribution in [0.25, 0.3) is 21.9 Å². The standard InChI is InChI=1S/C15H12N2O/c1-2-6-13-11(4-1)15-12(17-9-8-16-10-17)5-3-7-14(15)18-13/h1-7,10H,8-9H2. The molecule has 0 bridgehead atoms. The van der Waals surface area contributed by atoms with E-state index in [1.54, 1.807) is 0 Å². The van der Waals surface area contributed by atoms with Crippen LogP contribution in [-0.2, 0) is 0 Å². The summed E-state index contributed by atoms with van der Waals surface area (Å²) in [6, 6.07) is 14.3. The van der Waals surface area contributed by atoms with Gasteiger partial charge in [0.15, 0.2) is 0 Å². The fraction of sp³-hybridized carbons (Fsp3) is 0.133. The number of aliphatic imine (C=N–C) groups is 1. The summed E-state index contributed by atoms with van der Waals surface area (Å²) >= 11 is 0. The molecule has 0 fully saturated rings. The lowest BCUT2D eigenvalue weighted by atomic mass is 10.1. The average Bonchev–Trinajstić information content (AvgIpc) is 3.05. The fourth-order valence-electron chi connectivity index (χ4n) is 2.56. The fourth-order valence-corrected chi connectivity index (χ4v) is 2.56. The van der Waals surface area contributed by atoms with Gasteiger partial charge < -0.3 is 9.32 Å². The molecule has 3 nitrogen and oxygen atoms in total. The highest BCUT2D eigenvalue weighted by Gasteiger charge is 2.15. The van der Waals surface area contributed by atoms with Gasteiger partial charge in [-0.15, -0.1) is 0 Å². The van der Waals surface area contributed by atoms with Crippen molar-refractivity contribution in [1.82, 2.24) is 0 Å². The number of anilines is 1. The molecule has 2 aromatic carbocycles. The first-order valence-corrected chi connectivity index (χ1v) is 6.10. The number of fused-ring (bicyclic) bond motifs is 3. The molecule has 18 heavy (non-hydrogen) atoms. The molecule has 0 saturated heterocycles. The Morgan fingerprint density at radius 2 is 1.89 bits per heavy atom. The molecular weight excluding hydrogens is 224 g/mol. The predicted octanol–water partition coefficient (Wildman–Crippen LogP) is 3.43. The molecule has 0 unspecified atom stereocenters. The molecule has 1 aliphatic heterocycles. The quantitative estimate of drug-likeness (QED) is 0.647. The molecule has 3 aromatic rings. The number of hydrogen-bond donors (Lipinski definition) is 0.